The molecular formula is C28H21Cl2N2O2. The van der Waals surface area contributed by atoms with E-state index in [1.165, 1.54) is 0 Å². The van der Waals surface area contributed by atoms with Crippen molar-refractivity contribution in [2.45, 2.75) is 13.5 Å². The number of ether oxygens (including phenoxy) is 1. The van der Waals surface area contributed by atoms with Crippen molar-refractivity contribution in [2.75, 3.05) is 6.61 Å². The van der Waals surface area contributed by atoms with Gasteiger partial charge in [-0.3, -0.25) is 4.79 Å². The van der Waals surface area contributed by atoms with Crippen molar-refractivity contribution in [3.05, 3.63) is 100 Å². The number of nitrogens with zero attached hydrogens (tertiary/aromatic N) is 1. The lowest BCUT2D eigenvalue weighted by atomic mass is 10.0. The minimum atomic E-state index is -0.475. The lowest BCUT2D eigenvalue weighted by Gasteiger charge is -2.11. The summed E-state index contributed by atoms with van der Waals surface area (Å²) in [7, 11) is 0. The SMILES string of the molecule is CCOc1ccc(Cn2c3cc(-c4c(Cl)cccc4Cl)c[c]c3c3c(C(N)=O)cccc32)cc1. The van der Waals surface area contributed by atoms with Crippen molar-refractivity contribution in [3.8, 4) is 16.9 Å². The Morgan fingerprint density at radius 1 is 1.00 bits per heavy atom. The van der Waals surface area contributed by atoms with E-state index in [1.54, 1.807) is 6.07 Å². The van der Waals surface area contributed by atoms with Gasteiger partial charge in [0.25, 0.3) is 0 Å². The lowest BCUT2D eigenvalue weighted by Crippen LogP contribution is -2.11. The third-order valence-corrected chi connectivity index (χ3v) is 6.52. The lowest BCUT2D eigenvalue weighted by molar-refractivity contribution is 0.100. The van der Waals surface area contributed by atoms with Gasteiger partial charge in [0.1, 0.15) is 5.75 Å². The molecule has 0 fully saturated rings. The molecule has 5 aromatic rings. The molecule has 6 heteroatoms. The molecule has 1 amide bonds. The molecule has 0 saturated heterocycles. The van der Waals surface area contributed by atoms with E-state index in [0.29, 0.717) is 28.8 Å². The number of fused-ring (bicyclic) bond motifs is 3. The summed E-state index contributed by atoms with van der Waals surface area (Å²) >= 11 is 13.0. The molecule has 1 aromatic heterocycles. The maximum Gasteiger partial charge on any atom is 0.249 e. The van der Waals surface area contributed by atoms with E-state index >= 15 is 0 Å². The van der Waals surface area contributed by atoms with Crippen LogP contribution in [0.25, 0.3) is 32.9 Å². The van der Waals surface area contributed by atoms with E-state index in [2.05, 4.69) is 10.6 Å². The minimum Gasteiger partial charge on any atom is -0.494 e. The van der Waals surface area contributed by atoms with Crippen LogP contribution < -0.4 is 10.5 Å². The zero-order valence-electron chi connectivity index (χ0n) is 18.4. The van der Waals surface area contributed by atoms with E-state index in [4.69, 9.17) is 33.7 Å². The third kappa shape index (κ3) is 3.89. The third-order valence-electron chi connectivity index (χ3n) is 5.89. The Kier molecular flexibility index (Phi) is 5.94. The van der Waals surface area contributed by atoms with Gasteiger partial charge in [0.15, 0.2) is 0 Å². The van der Waals surface area contributed by atoms with E-state index < -0.39 is 5.91 Å². The molecule has 0 aliphatic rings. The van der Waals surface area contributed by atoms with Crippen LogP contribution in [0.1, 0.15) is 22.8 Å². The van der Waals surface area contributed by atoms with E-state index in [-0.39, 0.29) is 0 Å². The number of amides is 1. The van der Waals surface area contributed by atoms with Gasteiger partial charge in [0, 0.05) is 38.5 Å². The number of hydrogen-bond acceptors (Lipinski definition) is 2. The zero-order valence-corrected chi connectivity index (χ0v) is 20.0. The fourth-order valence-corrected chi connectivity index (χ4v) is 5.01. The predicted octanol–water partition coefficient (Wildman–Crippen LogP) is 7.11. The number of carbonyl (C=O) groups is 1. The normalized spacial score (nSPS) is 11.3. The van der Waals surface area contributed by atoms with Crippen LogP contribution >= 0.6 is 23.2 Å². The summed E-state index contributed by atoms with van der Waals surface area (Å²) < 4.78 is 7.74. The second-order valence-corrected chi connectivity index (χ2v) is 8.79. The number of aromatic nitrogens is 1. The highest BCUT2D eigenvalue weighted by Crippen LogP contribution is 2.39. The van der Waals surface area contributed by atoms with Crippen molar-refractivity contribution < 1.29 is 9.53 Å². The van der Waals surface area contributed by atoms with Gasteiger partial charge in [-0.2, -0.15) is 0 Å². The summed E-state index contributed by atoms with van der Waals surface area (Å²) in [5.41, 5.74) is 10.7. The number of hydrogen-bond donors (Lipinski definition) is 1. The zero-order chi connectivity index (χ0) is 23.8. The highest BCUT2D eigenvalue weighted by Gasteiger charge is 2.18. The Hall–Kier alpha value is -3.47. The molecule has 0 saturated carbocycles. The maximum absolute atomic E-state index is 12.3. The molecule has 1 radical (unpaired) electrons. The second-order valence-electron chi connectivity index (χ2n) is 7.97. The van der Waals surface area contributed by atoms with Crippen LogP contribution in [0.2, 0.25) is 10.0 Å². The Labute approximate surface area is 207 Å². The first-order chi connectivity index (χ1) is 16.5. The molecule has 0 atom stereocenters. The highest BCUT2D eigenvalue weighted by atomic mass is 35.5. The van der Waals surface area contributed by atoms with Gasteiger partial charge in [0.05, 0.1) is 17.6 Å². The van der Waals surface area contributed by atoms with Crippen LogP contribution in [-0.2, 0) is 6.54 Å². The first kappa shape index (κ1) is 22.3. The number of halogens is 2. The smallest absolute Gasteiger partial charge is 0.249 e. The van der Waals surface area contributed by atoms with Crippen molar-refractivity contribution in [3.63, 3.8) is 0 Å². The molecule has 0 aliphatic heterocycles. The first-order valence-corrected chi connectivity index (χ1v) is 11.7. The fourth-order valence-electron chi connectivity index (χ4n) is 4.39. The molecule has 0 bridgehead atoms. The van der Waals surface area contributed by atoms with Crippen molar-refractivity contribution in [1.82, 2.24) is 4.57 Å². The van der Waals surface area contributed by atoms with Crippen molar-refractivity contribution in [2.24, 2.45) is 5.73 Å². The number of carbonyl (C=O) groups excluding carboxylic acids is 1. The molecule has 169 valence electrons. The van der Waals surface area contributed by atoms with Gasteiger partial charge >= 0.3 is 0 Å². The molecule has 4 nitrogen and oxygen atoms in total. The quantitative estimate of drug-likeness (QED) is 0.277. The Balaban J connectivity index is 1.75. The molecule has 0 aliphatic carbocycles. The summed E-state index contributed by atoms with van der Waals surface area (Å²) in [6, 6.07) is 26.3. The number of nitrogens with two attached hydrogens (primary N) is 1. The van der Waals surface area contributed by atoms with Crippen molar-refractivity contribution >= 4 is 50.9 Å². The minimum absolute atomic E-state index is 0.465. The molecular weight excluding hydrogens is 467 g/mol. The first-order valence-electron chi connectivity index (χ1n) is 10.9. The topological polar surface area (TPSA) is 57.2 Å². The van der Waals surface area contributed by atoms with Gasteiger partial charge in [0.2, 0.25) is 5.91 Å². The van der Waals surface area contributed by atoms with Gasteiger partial charge in [-0.1, -0.05) is 47.5 Å². The largest absolute Gasteiger partial charge is 0.494 e. The number of primary amides is 1. The summed E-state index contributed by atoms with van der Waals surface area (Å²) in [5, 5.41) is 2.73. The molecule has 5 rings (SSSR count). The van der Waals surface area contributed by atoms with Gasteiger partial charge in [-0.05, 0) is 72.6 Å². The Bertz CT molecular complexity index is 1520. The molecule has 4 aromatic carbocycles. The summed E-state index contributed by atoms with van der Waals surface area (Å²) in [4.78, 5) is 12.3. The van der Waals surface area contributed by atoms with Crippen LogP contribution in [0, 0.1) is 6.07 Å². The van der Waals surface area contributed by atoms with Crippen LogP contribution in [0.3, 0.4) is 0 Å². The Morgan fingerprint density at radius 2 is 1.71 bits per heavy atom. The monoisotopic (exact) mass is 487 g/mol. The summed E-state index contributed by atoms with van der Waals surface area (Å²) in [6.45, 7) is 3.16. The van der Waals surface area contributed by atoms with Crippen LogP contribution in [0.5, 0.6) is 5.75 Å². The molecule has 0 spiro atoms. The van der Waals surface area contributed by atoms with Crippen LogP contribution in [0.4, 0.5) is 0 Å². The molecule has 0 unspecified atom stereocenters. The fraction of sp³-hybridized carbons (Fsp3) is 0.107. The number of rotatable bonds is 6. The van der Waals surface area contributed by atoms with Crippen LogP contribution in [-0.4, -0.2) is 17.1 Å². The van der Waals surface area contributed by atoms with E-state index in [0.717, 1.165) is 44.2 Å². The van der Waals surface area contributed by atoms with Gasteiger partial charge < -0.3 is 15.0 Å². The molecule has 1 heterocycles. The number of benzene rings is 4. The molecule has 34 heavy (non-hydrogen) atoms. The summed E-state index contributed by atoms with van der Waals surface area (Å²) in [5.74, 6) is 0.353. The average Bonchev–Trinajstić information content (AvgIpc) is 3.13. The standard InChI is InChI=1S/C28H21Cl2N2O2/c1-2-34-19-12-9-17(10-13-19)16-32-24-8-3-5-21(28(31)33)27(24)20-14-11-18(15-25(20)32)26-22(29)6-4-7-23(26)30/h3-13,15H,2,16H2,1H3,(H2,31,33). The van der Waals surface area contributed by atoms with Crippen LogP contribution in [0.15, 0.2) is 72.8 Å². The highest BCUT2D eigenvalue weighted by molar-refractivity contribution is 6.39. The maximum atomic E-state index is 12.3. The Morgan fingerprint density at radius 3 is 2.38 bits per heavy atom. The average molecular weight is 488 g/mol. The molecule has 2 N–H and O–H groups in total. The van der Waals surface area contributed by atoms with Gasteiger partial charge in [-0.25, -0.2) is 0 Å². The van der Waals surface area contributed by atoms with Gasteiger partial charge in [-0.15, -0.1) is 0 Å². The van der Waals surface area contributed by atoms with Crippen molar-refractivity contribution in [1.29, 1.82) is 0 Å². The van der Waals surface area contributed by atoms with E-state index in [9.17, 15) is 4.79 Å². The second kappa shape index (κ2) is 9.05. The summed E-state index contributed by atoms with van der Waals surface area (Å²) in [6.07, 6.45) is 0. The predicted molar refractivity (Wildman–Crippen MR) is 139 cm³/mol. The van der Waals surface area contributed by atoms with E-state index in [1.807, 2.05) is 73.7 Å².